The highest BCUT2D eigenvalue weighted by Gasteiger charge is 2.17. The van der Waals surface area contributed by atoms with Crippen LogP contribution in [0.2, 0.25) is 0 Å². The zero-order valence-electron chi connectivity index (χ0n) is 20.5. The average molecular weight is 508 g/mol. The fourth-order valence-corrected chi connectivity index (χ4v) is 4.75. The van der Waals surface area contributed by atoms with Crippen LogP contribution in [-0.2, 0) is 4.79 Å². The van der Waals surface area contributed by atoms with Gasteiger partial charge in [0, 0.05) is 16.8 Å². The van der Waals surface area contributed by atoms with Crippen LogP contribution < -0.4 is 10.2 Å². The summed E-state index contributed by atoms with van der Waals surface area (Å²) < 4.78 is 7.23. The number of methoxy groups -OCH3 is 1. The molecule has 0 aliphatic carbocycles. The molecule has 0 saturated carbocycles. The summed E-state index contributed by atoms with van der Waals surface area (Å²) in [4.78, 5) is 12.7. The number of thioether (sulfide) groups is 1. The number of nitrogens with zero attached hydrogens (tertiary/aromatic N) is 4. The molecule has 1 heterocycles. The zero-order valence-corrected chi connectivity index (χ0v) is 21.3. The van der Waals surface area contributed by atoms with Crippen LogP contribution in [0.4, 0.5) is 0 Å². The van der Waals surface area contributed by atoms with E-state index < -0.39 is 0 Å². The second-order valence-electron chi connectivity index (χ2n) is 8.25. The van der Waals surface area contributed by atoms with Gasteiger partial charge in [0.05, 0.1) is 18.6 Å². The van der Waals surface area contributed by atoms with Gasteiger partial charge in [0.2, 0.25) is 0 Å². The fourth-order valence-electron chi connectivity index (χ4n) is 4.01. The van der Waals surface area contributed by atoms with Crippen molar-refractivity contribution in [2.75, 3.05) is 12.9 Å². The molecule has 5 rings (SSSR count). The van der Waals surface area contributed by atoms with E-state index in [2.05, 4.69) is 38.9 Å². The number of rotatable bonds is 8. The normalized spacial score (nSPS) is 11.5. The number of ether oxygens (including phenoxy) is 1. The number of carbonyl (C=O) groups excluding carboxylic acids is 1. The number of fused-ring (bicyclic) bond motifs is 1. The first-order valence-corrected chi connectivity index (χ1v) is 12.7. The largest absolute Gasteiger partial charge is 0.497 e. The molecule has 0 unspecified atom stereocenters. The van der Waals surface area contributed by atoms with Gasteiger partial charge >= 0.3 is 0 Å². The molecule has 184 valence electrons. The molecule has 7 nitrogen and oxygen atoms in total. The van der Waals surface area contributed by atoms with Crippen LogP contribution in [-0.4, -0.2) is 39.2 Å². The fraction of sp³-hybridized carbons (Fsp3) is 0.103. The van der Waals surface area contributed by atoms with Gasteiger partial charge in [-0.2, -0.15) is 5.10 Å². The van der Waals surface area contributed by atoms with Gasteiger partial charge in [-0.15, -0.1) is 10.2 Å². The molecule has 37 heavy (non-hydrogen) atoms. The van der Waals surface area contributed by atoms with Gasteiger partial charge in [-0.1, -0.05) is 72.4 Å². The van der Waals surface area contributed by atoms with Gasteiger partial charge in [-0.05, 0) is 54.1 Å². The van der Waals surface area contributed by atoms with Crippen molar-refractivity contribution in [1.82, 2.24) is 20.2 Å². The standard InChI is InChI=1S/C29H25N5O2S/c1-20(25-14-8-10-21-9-6-7-13-26(21)25)30-31-27(35)19-37-29-33-32-28(22-15-17-24(36-2)18-16-22)34(29)23-11-4-3-5-12-23/h3-18H,19H2,1-2H3,(H,31,35)/b30-20+. The number of carbonyl (C=O) groups is 1. The Morgan fingerprint density at radius 3 is 2.43 bits per heavy atom. The molecule has 0 atom stereocenters. The summed E-state index contributed by atoms with van der Waals surface area (Å²) in [5, 5.41) is 16.0. The van der Waals surface area contributed by atoms with Gasteiger partial charge in [-0.25, -0.2) is 5.43 Å². The number of aromatic nitrogens is 3. The number of hydrogen-bond donors (Lipinski definition) is 1. The number of hydrogen-bond acceptors (Lipinski definition) is 6. The maximum absolute atomic E-state index is 12.7. The Balaban J connectivity index is 1.34. The number of para-hydroxylation sites is 1. The van der Waals surface area contributed by atoms with Crippen molar-refractivity contribution < 1.29 is 9.53 Å². The van der Waals surface area contributed by atoms with E-state index in [-0.39, 0.29) is 11.7 Å². The summed E-state index contributed by atoms with van der Waals surface area (Å²) in [6.07, 6.45) is 0. The number of benzene rings is 4. The first-order chi connectivity index (χ1) is 18.1. The Hall–Kier alpha value is -4.43. The van der Waals surface area contributed by atoms with Gasteiger partial charge in [0.1, 0.15) is 5.75 Å². The van der Waals surface area contributed by atoms with Gasteiger partial charge in [0.15, 0.2) is 11.0 Å². The Labute approximate surface area is 219 Å². The topological polar surface area (TPSA) is 81.4 Å². The number of amides is 1. The monoisotopic (exact) mass is 507 g/mol. The van der Waals surface area contributed by atoms with E-state index in [1.807, 2.05) is 90.4 Å². The minimum absolute atomic E-state index is 0.139. The highest BCUT2D eigenvalue weighted by atomic mass is 32.2. The average Bonchev–Trinajstić information content (AvgIpc) is 3.39. The molecule has 0 aliphatic heterocycles. The van der Waals surface area contributed by atoms with Crippen LogP contribution in [0, 0.1) is 0 Å². The lowest BCUT2D eigenvalue weighted by molar-refractivity contribution is -0.118. The highest BCUT2D eigenvalue weighted by Crippen LogP contribution is 2.29. The molecule has 0 spiro atoms. The molecule has 8 heteroatoms. The van der Waals surface area contributed by atoms with Crippen LogP contribution in [0.3, 0.4) is 0 Å². The highest BCUT2D eigenvalue weighted by molar-refractivity contribution is 7.99. The second kappa shape index (κ2) is 11.1. The van der Waals surface area contributed by atoms with E-state index in [1.54, 1.807) is 7.11 Å². The molecule has 1 N–H and O–H groups in total. The first kappa shape index (κ1) is 24.3. The predicted octanol–water partition coefficient (Wildman–Crippen LogP) is 5.73. The maximum atomic E-state index is 12.7. The molecule has 1 amide bonds. The molecule has 0 saturated heterocycles. The number of hydrazone groups is 1. The Kier molecular flexibility index (Phi) is 7.28. The van der Waals surface area contributed by atoms with E-state index in [9.17, 15) is 4.79 Å². The van der Waals surface area contributed by atoms with E-state index >= 15 is 0 Å². The van der Waals surface area contributed by atoms with Crippen molar-refractivity contribution in [2.24, 2.45) is 5.10 Å². The molecular weight excluding hydrogens is 482 g/mol. The first-order valence-electron chi connectivity index (χ1n) is 11.7. The van der Waals surface area contributed by atoms with Crippen LogP contribution in [0.15, 0.2) is 107 Å². The lowest BCUT2D eigenvalue weighted by Gasteiger charge is -2.10. The lowest BCUT2D eigenvalue weighted by Crippen LogP contribution is -2.21. The third-order valence-corrected chi connectivity index (χ3v) is 6.79. The van der Waals surface area contributed by atoms with Crippen LogP contribution >= 0.6 is 11.8 Å². The molecule has 0 aliphatic rings. The van der Waals surface area contributed by atoms with Crippen LogP contribution in [0.1, 0.15) is 12.5 Å². The van der Waals surface area contributed by atoms with Gasteiger partial charge in [0.25, 0.3) is 5.91 Å². The summed E-state index contributed by atoms with van der Waals surface area (Å²) in [7, 11) is 1.63. The van der Waals surface area contributed by atoms with Crippen molar-refractivity contribution in [3.8, 4) is 22.8 Å². The van der Waals surface area contributed by atoms with Gasteiger partial charge < -0.3 is 4.74 Å². The molecule has 5 aromatic rings. The van der Waals surface area contributed by atoms with E-state index in [0.29, 0.717) is 11.0 Å². The molecule has 4 aromatic carbocycles. The summed E-state index contributed by atoms with van der Waals surface area (Å²) in [6.45, 7) is 1.89. The van der Waals surface area contributed by atoms with Crippen LogP contribution in [0.25, 0.3) is 27.8 Å². The van der Waals surface area contributed by atoms with E-state index in [4.69, 9.17) is 4.74 Å². The molecule has 0 radical (unpaired) electrons. The summed E-state index contributed by atoms with van der Waals surface area (Å²) in [5.74, 6) is 1.36. The zero-order chi connectivity index (χ0) is 25.6. The maximum Gasteiger partial charge on any atom is 0.250 e. The molecular formula is C29H25N5O2S. The van der Waals surface area contributed by atoms with E-state index in [0.717, 1.165) is 39.0 Å². The molecule has 1 aromatic heterocycles. The lowest BCUT2D eigenvalue weighted by atomic mass is 10.0. The Morgan fingerprint density at radius 1 is 0.919 bits per heavy atom. The van der Waals surface area contributed by atoms with Crippen molar-refractivity contribution in [3.63, 3.8) is 0 Å². The van der Waals surface area contributed by atoms with Crippen LogP contribution in [0.5, 0.6) is 5.75 Å². The third kappa shape index (κ3) is 5.39. The minimum atomic E-state index is -0.224. The number of nitrogens with one attached hydrogen (secondary N) is 1. The smallest absolute Gasteiger partial charge is 0.250 e. The summed E-state index contributed by atoms with van der Waals surface area (Å²) >= 11 is 1.31. The summed E-state index contributed by atoms with van der Waals surface area (Å²) in [5.41, 5.74) is 6.21. The van der Waals surface area contributed by atoms with Crippen molar-refractivity contribution in [3.05, 3.63) is 103 Å². The molecule has 0 bridgehead atoms. The quantitative estimate of drug-likeness (QED) is 0.165. The van der Waals surface area contributed by atoms with Crippen molar-refractivity contribution in [2.45, 2.75) is 12.1 Å². The Morgan fingerprint density at radius 2 is 1.65 bits per heavy atom. The van der Waals surface area contributed by atoms with E-state index in [1.165, 1.54) is 11.8 Å². The minimum Gasteiger partial charge on any atom is -0.497 e. The second-order valence-corrected chi connectivity index (χ2v) is 9.20. The Bertz CT molecular complexity index is 1560. The van der Waals surface area contributed by atoms with Crippen molar-refractivity contribution >= 4 is 34.2 Å². The van der Waals surface area contributed by atoms with Crippen molar-refractivity contribution in [1.29, 1.82) is 0 Å². The SMILES string of the molecule is COc1ccc(-c2nnc(SCC(=O)N/N=C(\C)c3cccc4ccccc34)n2-c2ccccc2)cc1. The molecule has 0 fully saturated rings. The van der Waals surface area contributed by atoms with Gasteiger partial charge in [-0.3, -0.25) is 9.36 Å². The third-order valence-electron chi connectivity index (χ3n) is 5.86. The predicted molar refractivity (Wildman–Crippen MR) is 148 cm³/mol. The summed E-state index contributed by atoms with van der Waals surface area (Å²) in [6, 6.07) is 31.7.